The van der Waals surface area contributed by atoms with E-state index in [2.05, 4.69) is 38.6 Å². The number of benzene rings is 2. The fourth-order valence-corrected chi connectivity index (χ4v) is 7.31. The molecule has 0 fully saturated rings. The van der Waals surface area contributed by atoms with E-state index >= 15 is 0 Å². The van der Waals surface area contributed by atoms with Gasteiger partial charge in [-0.15, -0.1) is 0 Å². The van der Waals surface area contributed by atoms with Crippen molar-refractivity contribution < 1.29 is 36.8 Å². The number of hydrogen-bond acceptors (Lipinski definition) is 9. The van der Waals surface area contributed by atoms with E-state index in [-0.39, 0.29) is 29.9 Å². The molecule has 2 aliphatic rings. The van der Waals surface area contributed by atoms with Gasteiger partial charge in [-0.05, 0) is 60.3 Å². The summed E-state index contributed by atoms with van der Waals surface area (Å²) in [5.74, 6) is 0.148. The Balaban J connectivity index is 1.80. The summed E-state index contributed by atoms with van der Waals surface area (Å²) in [7, 11) is -5.34. The lowest BCUT2D eigenvalue weighted by molar-refractivity contribution is -0.387. The first-order chi connectivity index (χ1) is 18.6. The Morgan fingerprint density at radius 2 is 1.80 bits per heavy atom. The van der Waals surface area contributed by atoms with E-state index in [1.807, 2.05) is 6.08 Å². The Bertz CT molecular complexity index is 1460. The van der Waals surface area contributed by atoms with Crippen LogP contribution in [0.3, 0.4) is 0 Å². The van der Waals surface area contributed by atoms with Gasteiger partial charge in [0.25, 0.3) is 5.69 Å². The maximum atomic E-state index is 13.6. The van der Waals surface area contributed by atoms with Crippen LogP contribution in [-0.4, -0.2) is 53.7 Å². The van der Waals surface area contributed by atoms with Crippen LogP contribution in [0.5, 0.6) is 11.5 Å². The zero-order chi connectivity index (χ0) is 29.5. The highest BCUT2D eigenvalue weighted by molar-refractivity contribution is 7.89. The first kappa shape index (κ1) is 29.7. The maximum absolute atomic E-state index is 13.6. The summed E-state index contributed by atoms with van der Waals surface area (Å²) in [6, 6.07) is 7.42. The van der Waals surface area contributed by atoms with Gasteiger partial charge in [-0.2, -0.15) is 0 Å². The van der Waals surface area contributed by atoms with Gasteiger partial charge >= 0.3 is 5.97 Å². The number of carbonyl (C=O) groups excluding carboxylic acids is 1. The van der Waals surface area contributed by atoms with Crippen molar-refractivity contribution in [2.45, 2.75) is 68.8 Å². The largest absolute Gasteiger partial charge is 0.465 e. The number of nitrogens with zero attached hydrogens (tertiary/aromatic N) is 1. The Morgan fingerprint density at radius 3 is 2.42 bits per heavy atom. The number of nitrogens with one attached hydrogen (secondary N) is 1. The van der Waals surface area contributed by atoms with Gasteiger partial charge in [-0.25, -0.2) is 17.9 Å². The second kappa shape index (κ2) is 11.0. The summed E-state index contributed by atoms with van der Waals surface area (Å²) in [5, 5.41) is 11.5. The highest BCUT2D eigenvalue weighted by atomic mass is 32.2. The second-order valence-corrected chi connectivity index (χ2v) is 17.7. The van der Waals surface area contributed by atoms with Gasteiger partial charge in [-0.1, -0.05) is 39.0 Å². The fraction of sp³-hybridized carbons (Fsp3) is 0.444. The third-order valence-corrected chi connectivity index (χ3v) is 13.7. The van der Waals surface area contributed by atoms with E-state index < -0.39 is 45.9 Å². The maximum Gasteiger partial charge on any atom is 0.338 e. The average molecular weight is 591 g/mol. The molecule has 11 nitrogen and oxygen atoms in total. The summed E-state index contributed by atoms with van der Waals surface area (Å²) in [6.07, 6.45) is 2.24. The SMILES string of the molecule is COC(=O)c1cc2c(cc1C1=CC[C@H](O[Si](C)(C)C(C)(C)C)C[C@@H]1NS(=O)(=O)c1ccccc1[N+](=O)[O-])OCO2. The van der Waals surface area contributed by atoms with Crippen molar-refractivity contribution in [3.8, 4) is 11.5 Å². The molecule has 2 atom stereocenters. The van der Waals surface area contributed by atoms with Gasteiger partial charge in [0.1, 0.15) is 0 Å². The van der Waals surface area contributed by atoms with E-state index in [1.54, 1.807) is 6.07 Å². The number of para-hydroxylation sites is 1. The molecule has 0 spiro atoms. The van der Waals surface area contributed by atoms with E-state index in [0.717, 1.165) is 6.07 Å². The standard InChI is InChI=1S/C27H34N2O9SSi/c1-27(2,3)40(5,6)38-17-11-12-18(19-14-23-24(37-16-36-23)15-20(19)26(30)35-4)21(13-17)28-39(33,34)25-10-8-7-9-22(25)29(31)32/h7-10,12,14-15,17,21,28H,11,13,16H2,1-6H3/t17-,21-/m0/s1. The Hall–Kier alpha value is -3.26. The Morgan fingerprint density at radius 1 is 1.15 bits per heavy atom. The molecule has 13 heteroatoms. The molecule has 40 heavy (non-hydrogen) atoms. The van der Waals surface area contributed by atoms with Crippen molar-refractivity contribution in [2.24, 2.45) is 0 Å². The van der Waals surface area contributed by atoms with Crippen LogP contribution in [0.2, 0.25) is 18.1 Å². The number of nitro benzene ring substituents is 1. The summed E-state index contributed by atoms with van der Waals surface area (Å²) < 4.78 is 52.5. The Labute approximate surface area is 234 Å². The topological polar surface area (TPSA) is 143 Å². The average Bonchev–Trinajstić information content (AvgIpc) is 3.34. The number of ether oxygens (including phenoxy) is 3. The van der Waals surface area contributed by atoms with Gasteiger partial charge in [0.05, 0.1) is 23.7 Å². The van der Waals surface area contributed by atoms with Gasteiger partial charge in [-0.3, -0.25) is 10.1 Å². The molecule has 0 unspecified atom stereocenters. The van der Waals surface area contributed by atoms with Crippen molar-refractivity contribution in [3.63, 3.8) is 0 Å². The molecule has 0 aromatic heterocycles. The zero-order valence-electron chi connectivity index (χ0n) is 23.3. The molecule has 4 rings (SSSR count). The van der Waals surface area contributed by atoms with Crippen LogP contribution in [0.25, 0.3) is 5.57 Å². The Kier molecular flexibility index (Phi) is 8.14. The molecule has 0 bridgehead atoms. The summed E-state index contributed by atoms with van der Waals surface area (Å²) >= 11 is 0. The summed E-state index contributed by atoms with van der Waals surface area (Å²) in [4.78, 5) is 23.2. The molecule has 0 amide bonds. The first-order valence-electron chi connectivity index (χ1n) is 12.8. The zero-order valence-corrected chi connectivity index (χ0v) is 25.2. The van der Waals surface area contributed by atoms with Gasteiger partial charge in [0, 0.05) is 12.1 Å². The minimum Gasteiger partial charge on any atom is -0.465 e. The van der Waals surface area contributed by atoms with Crippen LogP contribution in [0.4, 0.5) is 5.69 Å². The minimum absolute atomic E-state index is 0.0192. The number of sulfonamides is 1. The summed E-state index contributed by atoms with van der Waals surface area (Å²) in [6.45, 7) is 10.6. The van der Waals surface area contributed by atoms with E-state index in [1.165, 1.54) is 31.4 Å². The lowest BCUT2D eigenvalue weighted by atomic mass is 9.86. The normalized spacial score (nSPS) is 19.2. The highest BCUT2D eigenvalue weighted by Gasteiger charge is 2.41. The van der Waals surface area contributed by atoms with Crippen molar-refractivity contribution >= 4 is 35.6 Å². The van der Waals surface area contributed by atoms with E-state index in [4.69, 9.17) is 18.6 Å². The molecule has 1 aliphatic carbocycles. The molecule has 2 aromatic rings. The van der Waals surface area contributed by atoms with Crippen LogP contribution in [0.15, 0.2) is 47.4 Å². The van der Waals surface area contributed by atoms with Crippen LogP contribution in [0, 0.1) is 10.1 Å². The second-order valence-electron chi connectivity index (χ2n) is 11.3. The molecule has 1 N–H and O–H groups in total. The summed E-state index contributed by atoms with van der Waals surface area (Å²) in [5.41, 5.74) is 0.563. The lowest BCUT2D eigenvalue weighted by Gasteiger charge is -2.41. The number of carbonyl (C=O) groups is 1. The molecular formula is C27H34N2O9SSi. The minimum atomic E-state index is -4.37. The monoisotopic (exact) mass is 590 g/mol. The molecule has 0 saturated heterocycles. The highest BCUT2D eigenvalue weighted by Crippen LogP contribution is 2.43. The number of hydrogen-bond donors (Lipinski definition) is 1. The van der Waals surface area contributed by atoms with Crippen molar-refractivity contribution in [1.29, 1.82) is 0 Å². The van der Waals surface area contributed by atoms with E-state index in [0.29, 0.717) is 29.1 Å². The van der Waals surface area contributed by atoms with Crippen LogP contribution >= 0.6 is 0 Å². The number of fused-ring (bicyclic) bond motifs is 1. The quantitative estimate of drug-likeness (QED) is 0.194. The molecule has 0 saturated carbocycles. The lowest BCUT2D eigenvalue weighted by Crippen LogP contribution is -2.47. The van der Waals surface area contributed by atoms with Crippen LogP contribution < -0.4 is 14.2 Å². The number of esters is 1. The number of nitro groups is 1. The third kappa shape index (κ3) is 5.92. The predicted molar refractivity (Wildman–Crippen MR) is 150 cm³/mol. The van der Waals surface area contributed by atoms with E-state index in [9.17, 15) is 23.3 Å². The van der Waals surface area contributed by atoms with Crippen molar-refractivity contribution in [2.75, 3.05) is 13.9 Å². The predicted octanol–water partition coefficient (Wildman–Crippen LogP) is 5.02. The van der Waals surface area contributed by atoms with Crippen LogP contribution in [0.1, 0.15) is 49.5 Å². The fourth-order valence-electron chi connectivity index (χ4n) is 4.53. The van der Waals surface area contributed by atoms with Crippen molar-refractivity contribution in [3.05, 3.63) is 63.7 Å². The molecule has 1 heterocycles. The van der Waals surface area contributed by atoms with Gasteiger partial charge in [0.2, 0.25) is 16.8 Å². The van der Waals surface area contributed by atoms with Gasteiger partial charge in [0.15, 0.2) is 24.7 Å². The smallest absolute Gasteiger partial charge is 0.338 e. The molecule has 2 aromatic carbocycles. The van der Waals surface area contributed by atoms with Crippen LogP contribution in [-0.2, 0) is 19.2 Å². The molecule has 1 aliphatic heterocycles. The number of methoxy groups -OCH3 is 1. The molecular weight excluding hydrogens is 556 g/mol. The molecule has 0 radical (unpaired) electrons. The number of rotatable bonds is 8. The van der Waals surface area contributed by atoms with Crippen molar-refractivity contribution in [1.82, 2.24) is 4.72 Å². The first-order valence-corrected chi connectivity index (χ1v) is 17.2. The third-order valence-electron chi connectivity index (χ3n) is 7.62. The van der Waals surface area contributed by atoms with Gasteiger partial charge < -0.3 is 18.6 Å². The molecule has 216 valence electrons.